The fourth-order valence-electron chi connectivity index (χ4n) is 4.40. The number of fused-ring (bicyclic) bond motifs is 1. The number of ether oxygens (including phenoxy) is 2. The Morgan fingerprint density at radius 1 is 1.11 bits per heavy atom. The van der Waals surface area contributed by atoms with Gasteiger partial charge in [0.05, 0.1) is 12.0 Å². The molecule has 9 heteroatoms. The number of Topliss-reactive ketones (excluding diaryl/α,β-unsaturated/α-hetero) is 1. The van der Waals surface area contributed by atoms with Crippen molar-refractivity contribution >= 4 is 11.8 Å². The minimum Gasteiger partial charge on any atom is -0.508 e. The van der Waals surface area contributed by atoms with Crippen molar-refractivity contribution in [2.24, 2.45) is 5.73 Å². The topological polar surface area (TPSA) is 111 Å². The van der Waals surface area contributed by atoms with Crippen molar-refractivity contribution in [1.82, 2.24) is 5.32 Å². The van der Waals surface area contributed by atoms with Gasteiger partial charge in [0, 0.05) is 31.3 Å². The smallest absolute Gasteiger partial charge is 0.348 e. The maximum absolute atomic E-state index is 13.7. The lowest BCUT2D eigenvalue weighted by atomic mass is 9.99. The highest BCUT2D eigenvalue weighted by Crippen LogP contribution is 2.31. The molecular weight excluding hydrogens is 494 g/mol. The van der Waals surface area contributed by atoms with E-state index in [0.29, 0.717) is 12.1 Å². The average Bonchev–Trinajstić information content (AvgIpc) is 2.87. The van der Waals surface area contributed by atoms with E-state index in [-0.39, 0.29) is 42.2 Å². The van der Waals surface area contributed by atoms with Gasteiger partial charge in [-0.3, -0.25) is 4.79 Å². The minimum absolute atomic E-state index is 0.0424. The number of hydrogen-bond acceptors (Lipinski definition) is 7. The summed E-state index contributed by atoms with van der Waals surface area (Å²) in [5, 5.41) is 13.0. The summed E-state index contributed by atoms with van der Waals surface area (Å²) in [6.45, 7) is 2.70. The van der Waals surface area contributed by atoms with E-state index in [1.54, 1.807) is 0 Å². The van der Waals surface area contributed by atoms with Gasteiger partial charge in [0.1, 0.15) is 29.2 Å². The van der Waals surface area contributed by atoms with Gasteiger partial charge in [0.25, 0.3) is 0 Å². The zero-order valence-corrected chi connectivity index (χ0v) is 21.0. The first-order chi connectivity index (χ1) is 18.2. The van der Waals surface area contributed by atoms with Crippen molar-refractivity contribution in [1.29, 1.82) is 0 Å². The van der Waals surface area contributed by atoms with Crippen molar-refractivity contribution in [3.05, 3.63) is 94.6 Å². The number of phenolic OH excluding ortho intramolecular Hbond substituents is 1. The van der Waals surface area contributed by atoms with E-state index in [1.807, 2.05) is 18.2 Å². The number of halogens is 2. The van der Waals surface area contributed by atoms with Crippen molar-refractivity contribution in [3.63, 3.8) is 0 Å². The molecule has 2 unspecified atom stereocenters. The molecule has 0 saturated heterocycles. The maximum Gasteiger partial charge on any atom is 0.348 e. The lowest BCUT2D eigenvalue weighted by Gasteiger charge is -2.29. The van der Waals surface area contributed by atoms with Gasteiger partial charge in [0.15, 0.2) is 5.78 Å². The Labute approximate surface area is 219 Å². The molecule has 0 amide bonds. The van der Waals surface area contributed by atoms with Crippen LogP contribution in [0, 0.1) is 11.6 Å². The quantitative estimate of drug-likeness (QED) is 0.346. The summed E-state index contributed by atoms with van der Waals surface area (Å²) in [7, 11) is 0. The zero-order valence-electron chi connectivity index (χ0n) is 21.0. The Morgan fingerprint density at radius 3 is 2.58 bits per heavy atom. The number of carbonyl (C=O) groups is 2. The Hall–Kier alpha value is -3.82. The number of hydrogen-bond donors (Lipinski definition) is 3. The van der Waals surface area contributed by atoms with E-state index in [4.69, 9.17) is 15.2 Å². The number of ketones is 1. The molecule has 7 nitrogen and oxygen atoms in total. The lowest BCUT2D eigenvalue weighted by molar-refractivity contribution is -0.158. The number of rotatable bonds is 10. The van der Waals surface area contributed by atoms with Gasteiger partial charge < -0.3 is 25.6 Å². The highest BCUT2D eigenvalue weighted by molar-refractivity contribution is 6.02. The fraction of sp³-hybridized carbons (Fsp3) is 0.310. The third kappa shape index (κ3) is 6.93. The molecule has 4 rings (SSSR count). The molecule has 0 saturated carbocycles. The summed E-state index contributed by atoms with van der Waals surface area (Å²) < 4.78 is 38.8. The number of nitrogens with one attached hydrogen (secondary N) is 1. The standard InChI is InChI=1S/C29H30F2N2O5/c1-2-17-4-3-5-18(8-17)15-33-16-28(24(32)11-19-9-20(30)12-21(31)10-19)38-29(36)27-14-25(35)23-7-6-22(34)13-26(23)37-27/h3-10,12-13,24,27-28,33-34H,2,11,14-16,32H2,1H3/t24?,27-,28?/m0/s1. The van der Waals surface area contributed by atoms with Crippen molar-refractivity contribution < 1.29 is 33.0 Å². The zero-order chi connectivity index (χ0) is 27.2. The summed E-state index contributed by atoms with van der Waals surface area (Å²) in [4.78, 5) is 25.6. The third-order valence-corrected chi connectivity index (χ3v) is 6.38. The monoisotopic (exact) mass is 524 g/mol. The number of aromatic hydroxyl groups is 1. The van der Waals surface area contributed by atoms with Crippen LogP contribution in [-0.2, 0) is 28.9 Å². The average molecular weight is 525 g/mol. The van der Waals surface area contributed by atoms with Crippen LogP contribution in [0.1, 0.15) is 40.4 Å². The van der Waals surface area contributed by atoms with Crippen molar-refractivity contribution in [3.8, 4) is 11.5 Å². The largest absolute Gasteiger partial charge is 0.508 e. The number of carbonyl (C=O) groups excluding carboxylic acids is 2. The second kappa shape index (κ2) is 12.1. The molecule has 3 aromatic carbocycles. The second-order valence-corrected chi connectivity index (χ2v) is 9.34. The molecule has 0 fully saturated rings. The SMILES string of the molecule is CCc1cccc(CNCC(OC(=O)[C@@H]2CC(=O)c3ccc(O)cc3O2)C(N)Cc2cc(F)cc(F)c2)c1. The highest BCUT2D eigenvalue weighted by Gasteiger charge is 2.35. The molecule has 1 heterocycles. The van der Waals surface area contributed by atoms with Crippen LogP contribution in [-0.4, -0.2) is 41.7 Å². The summed E-state index contributed by atoms with van der Waals surface area (Å²) in [5.41, 5.74) is 9.18. The molecule has 1 aliphatic heterocycles. The molecule has 3 aromatic rings. The maximum atomic E-state index is 13.7. The number of benzene rings is 3. The summed E-state index contributed by atoms with van der Waals surface area (Å²) in [6.07, 6.45) is -1.41. The summed E-state index contributed by atoms with van der Waals surface area (Å²) >= 11 is 0. The van der Waals surface area contributed by atoms with Crippen LogP contribution in [0.5, 0.6) is 11.5 Å². The molecule has 0 aromatic heterocycles. The van der Waals surface area contributed by atoms with Gasteiger partial charge in [-0.1, -0.05) is 31.2 Å². The Morgan fingerprint density at radius 2 is 1.84 bits per heavy atom. The first kappa shape index (κ1) is 27.2. The Kier molecular flexibility index (Phi) is 8.70. The fourth-order valence-corrected chi connectivity index (χ4v) is 4.40. The van der Waals surface area contributed by atoms with Crippen molar-refractivity contribution in [2.45, 2.75) is 51.0 Å². The van der Waals surface area contributed by atoms with E-state index in [1.165, 1.54) is 35.9 Å². The van der Waals surface area contributed by atoms with E-state index >= 15 is 0 Å². The Balaban J connectivity index is 1.47. The van der Waals surface area contributed by atoms with Crippen LogP contribution in [0.25, 0.3) is 0 Å². The van der Waals surface area contributed by atoms with Gasteiger partial charge in [-0.25, -0.2) is 13.6 Å². The van der Waals surface area contributed by atoms with Gasteiger partial charge in [-0.15, -0.1) is 0 Å². The van der Waals surface area contributed by atoms with E-state index in [0.717, 1.165) is 18.1 Å². The molecule has 4 N–H and O–H groups in total. The molecule has 3 atom stereocenters. The molecule has 0 aliphatic carbocycles. The van der Waals surface area contributed by atoms with Gasteiger partial charge in [-0.2, -0.15) is 0 Å². The first-order valence-corrected chi connectivity index (χ1v) is 12.4. The van der Waals surface area contributed by atoms with Crippen LogP contribution < -0.4 is 15.8 Å². The van der Waals surface area contributed by atoms with E-state index < -0.39 is 35.9 Å². The van der Waals surface area contributed by atoms with Crippen LogP contribution in [0.4, 0.5) is 8.78 Å². The molecule has 200 valence electrons. The molecule has 0 radical (unpaired) electrons. The summed E-state index contributed by atoms with van der Waals surface area (Å²) in [5.74, 6) is -2.60. The van der Waals surface area contributed by atoms with Gasteiger partial charge >= 0.3 is 5.97 Å². The summed E-state index contributed by atoms with van der Waals surface area (Å²) in [6, 6.07) is 14.4. The van der Waals surface area contributed by atoms with E-state index in [9.17, 15) is 23.5 Å². The third-order valence-electron chi connectivity index (χ3n) is 6.38. The molecule has 1 aliphatic rings. The van der Waals surface area contributed by atoms with Crippen LogP contribution in [0.3, 0.4) is 0 Å². The van der Waals surface area contributed by atoms with E-state index in [2.05, 4.69) is 18.3 Å². The van der Waals surface area contributed by atoms with Gasteiger partial charge in [0.2, 0.25) is 6.10 Å². The van der Waals surface area contributed by atoms with Crippen molar-refractivity contribution in [2.75, 3.05) is 6.54 Å². The lowest BCUT2D eigenvalue weighted by Crippen LogP contribution is -2.48. The Bertz CT molecular complexity index is 1300. The highest BCUT2D eigenvalue weighted by atomic mass is 19.1. The van der Waals surface area contributed by atoms with Crippen LogP contribution in [0.15, 0.2) is 60.7 Å². The molecule has 0 bridgehead atoms. The van der Waals surface area contributed by atoms with Crippen LogP contribution in [0.2, 0.25) is 0 Å². The molecular formula is C29H30F2N2O5. The predicted octanol–water partition coefficient (Wildman–Crippen LogP) is 3.84. The minimum atomic E-state index is -1.22. The first-order valence-electron chi connectivity index (χ1n) is 12.4. The second-order valence-electron chi connectivity index (χ2n) is 9.34. The van der Waals surface area contributed by atoms with Crippen LogP contribution >= 0.6 is 0 Å². The predicted molar refractivity (Wildman–Crippen MR) is 137 cm³/mol. The normalized spacial score (nSPS) is 16.3. The number of phenols is 1. The number of nitrogens with two attached hydrogens (primary N) is 1. The number of esters is 1. The molecule has 38 heavy (non-hydrogen) atoms. The molecule has 0 spiro atoms. The number of aryl methyl sites for hydroxylation is 1. The van der Waals surface area contributed by atoms with Gasteiger partial charge in [-0.05, 0) is 53.8 Å².